The third-order valence-electron chi connectivity index (χ3n) is 5.05. The highest BCUT2D eigenvalue weighted by atomic mass is 35.5. The zero-order valence-corrected chi connectivity index (χ0v) is 18.7. The van der Waals surface area contributed by atoms with E-state index in [1.807, 2.05) is 55.5 Å². The lowest BCUT2D eigenvalue weighted by atomic mass is 10.0. The zero-order valence-electron chi connectivity index (χ0n) is 17.1. The zero-order chi connectivity index (χ0) is 22.7. The van der Waals surface area contributed by atoms with E-state index >= 15 is 0 Å². The summed E-state index contributed by atoms with van der Waals surface area (Å²) in [6, 6.07) is 26.3. The molecule has 0 aliphatic carbocycles. The SMILES string of the molecule is C[C@H](NS(=O)(=O)c1ccc(Oc2cccc(Cl)c2C#N)cc1)c1ccc2ccccc2c1. The van der Waals surface area contributed by atoms with E-state index in [4.69, 9.17) is 16.3 Å². The molecule has 0 saturated heterocycles. The van der Waals surface area contributed by atoms with E-state index in [2.05, 4.69) is 4.72 Å². The lowest BCUT2D eigenvalue weighted by molar-refractivity contribution is 0.480. The Morgan fingerprint density at radius 3 is 2.38 bits per heavy atom. The first-order chi connectivity index (χ1) is 15.4. The van der Waals surface area contributed by atoms with Crippen LogP contribution < -0.4 is 9.46 Å². The summed E-state index contributed by atoms with van der Waals surface area (Å²) in [5.74, 6) is 0.698. The minimum atomic E-state index is -3.75. The molecule has 160 valence electrons. The lowest BCUT2D eigenvalue weighted by Gasteiger charge is -2.16. The second-order valence-electron chi connectivity index (χ2n) is 7.25. The molecular formula is C25H19ClN2O3S. The number of hydrogen-bond acceptors (Lipinski definition) is 4. The van der Waals surface area contributed by atoms with Gasteiger partial charge in [0.15, 0.2) is 0 Å². The van der Waals surface area contributed by atoms with E-state index in [1.165, 1.54) is 24.3 Å². The van der Waals surface area contributed by atoms with E-state index < -0.39 is 16.1 Å². The molecule has 0 unspecified atom stereocenters. The third kappa shape index (κ3) is 4.61. The van der Waals surface area contributed by atoms with Gasteiger partial charge in [0.25, 0.3) is 0 Å². The Bertz CT molecular complexity index is 1430. The van der Waals surface area contributed by atoms with Crippen LogP contribution in [0, 0.1) is 11.3 Å². The molecule has 1 N–H and O–H groups in total. The maximum Gasteiger partial charge on any atom is 0.241 e. The highest BCUT2D eigenvalue weighted by molar-refractivity contribution is 7.89. The first-order valence-electron chi connectivity index (χ1n) is 9.85. The predicted molar refractivity (Wildman–Crippen MR) is 125 cm³/mol. The molecule has 4 rings (SSSR count). The Hall–Kier alpha value is -3.37. The van der Waals surface area contributed by atoms with Crippen molar-refractivity contribution in [2.75, 3.05) is 0 Å². The molecule has 0 aromatic heterocycles. The van der Waals surface area contributed by atoms with Crippen molar-refractivity contribution < 1.29 is 13.2 Å². The molecule has 4 aromatic carbocycles. The van der Waals surface area contributed by atoms with Gasteiger partial charge in [0, 0.05) is 6.04 Å². The Morgan fingerprint density at radius 2 is 1.66 bits per heavy atom. The molecular weight excluding hydrogens is 444 g/mol. The molecule has 0 aliphatic rings. The van der Waals surface area contributed by atoms with E-state index in [1.54, 1.807) is 18.2 Å². The van der Waals surface area contributed by atoms with Gasteiger partial charge >= 0.3 is 0 Å². The van der Waals surface area contributed by atoms with E-state index in [-0.39, 0.29) is 15.5 Å². The molecule has 5 nitrogen and oxygen atoms in total. The van der Waals surface area contributed by atoms with Crippen molar-refractivity contribution >= 4 is 32.4 Å². The number of hydrogen-bond donors (Lipinski definition) is 1. The number of nitriles is 1. The van der Waals surface area contributed by atoms with Gasteiger partial charge in [-0.05, 0) is 65.7 Å². The van der Waals surface area contributed by atoms with Crippen molar-refractivity contribution in [3.05, 3.63) is 101 Å². The summed E-state index contributed by atoms with van der Waals surface area (Å²) < 4.78 is 34.2. The molecule has 0 aliphatic heterocycles. The standard InChI is InChI=1S/C25H19ClN2O3S/c1-17(19-10-9-18-5-2-3-6-20(18)15-19)28-32(29,30)22-13-11-21(12-14-22)31-25-8-4-7-24(26)23(25)16-27/h2-15,17,28H,1H3/t17-/m0/s1. The monoisotopic (exact) mass is 462 g/mol. The maximum absolute atomic E-state index is 12.9. The molecule has 1 atom stereocenters. The number of sulfonamides is 1. The van der Waals surface area contributed by atoms with Crippen molar-refractivity contribution in [2.45, 2.75) is 17.9 Å². The summed E-state index contributed by atoms with van der Waals surface area (Å²) in [5.41, 5.74) is 1.09. The smallest absolute Gasteiger partial charge is 0.241 e. The third-order valence-corrected chi connectivity index (χ3v) is 6.93. The summed E-state index contributed by atoms with van der Waals surface area (Å²) in [5, 5.41) is 11.7. The van der Waals surface area contributed by atoms with E-state index in [9.17, 15) is 13.7 Å². The fraction of sp³-hybridized carbons (Fsp3) is 0.0800. The number of rotatable bonds is 6. The summed E-state index contributed by atoms with van der Waals surface area (Å²) in [7, 11) is -3.75. The lowest BCUT2D eigenvalue weighted by Crippen LogP contribution is -2.26. The topological polar surface area (TPSA) is 79.2 Å². The van der Waals surface area contributed by atoms with Crippen LogP contribution in [0.3, 0.4) is 0 Å². The second kappa shape index (κ2) is 9.01. The molecule has 0 heterocycles. The van der Waals surface area contributed by atoms with E-state index in [0.29, 0.717) is 11.5 Å². The first-order valence-corrected chi connectivity index (χ1v) is 11.7. The van der Waals surface area contributed by atoms with Crippen LogP contribution in [-0.2, 0) is 10.0 Å². The number of nitrogens with zero attached hydrogens (tertiary/aromatic N) is 1. The van der Waals surface area contributed by atoms with Crippen molar-refractivity contribution in [3.63, 3.8) is 0 Å². The van der Waals surface area contributed by atoms with Crippen molar-refractivity contribution in [3.8, 4) is 17.6 Å². The van der Waals surface area contributed by atoms with Crippen LogP contribution in [0.25, 0.3) is 10.8 Å². The van der Waals surface area contributed by atoms with Gasteiger partial charge in [0.05, 0.1) is 9.92 Å². The van der Waals surface area contributed by atoms with Gasteiger partial charge in [-0.1, -0.05) is 54.1 Å². The molecule has 0 spiro atoms. The van der Waals surface area contributed by atoms with Gasteiger partial charge in [-0.2, -0.15) is 5.26 Å². The molecule has 0 amide bonds. The molecule has 0 radical (unpaired) electrons. The number of fused-ring (bicyclic) bond motifs is 1. The molecule has 7 heteroatoms. The molecule has 0 fully saturated rings. The average Bonchev–Trinajstić information content (AvgIpc) is 2.79. The van der Waals surface area contributed by atoms with Gasteiger partial charge < -0.3 is 4.74 Å². The first kappa shape index (κ1) is 21.8. The van der Waals surface area contributed by atoms with Gasteiger partial charge in [-0.25, -0.2) is 13.1 Å². The van der Waals surface area contributed by atoms with Crippen molar-refractivity contribution in [2.24, 2.45) is 0 Å². The number of ether oxygens (including phenoxy) is 1. The van der Waals surface area contributed by atoms with Crippen molar-refractivity contribution in [1.29, 1.82) is 5.26 Å². The number of nitrogens with one attached hydrogen (secondary N) is 1. The van der Waals surface area contributed by atoms with Gasteiger partial charge in [-0.15, -0.1) is 0 Å². The van der Waals surface area contributed by atoms with E-state index in [0.717, 1.165) is 16.3 Å². The molecule has 32 heavy (non-hydrogen) atoms. The van der Waals surface area contributed by atoms with Crippen LogP contribution in [0.15, 0.2) is 89.8 Å². The Labute approximate surface area is 191 Å². The van der Waals surface area contributed by atoms with Gasteiger partial charge in [0.2, 0.25) is 10.0 Å². The predicted octanol–water partition coefficient (Wildman–Crippen LogP) is 6.20. The molecule has 0 saturated carbocycles. The van der Waals surface area contributed by atoms with Crippen LogP contribution in [-0.4, -0.2) is 8.42 Å². The Morgan fingerprint density at radius 1 is 0.938 bits per heavy atom. The number of benzene rings is 4. The largest absolute Gasteiger partial charge is 0.456 e. The minimum Gasteiger partial charge on any atom is -0.456 e. The maximum atomic E-state index is 12.9. The van der Waals surface area contributed by atoms with Crippen LogP contribution >= 0.6 is 11.6 Å². The van der Waals surface area contributed by atoms with Crippen LogP contribution in [0.5, 0.6) is 11.5 Å². The highest BCUT2D eigenvalue weighted by Crippen LogP contribution is 2.30. The fourth-order valence-corrected chi connectivity index (χ4v) is 4.80. The molecule has 4 aromatic rings. The fourth-order valence-electron chi connectivity index (χ4n) is 3.36. The summed E-state index contributed by atoms with van der Waals surface area (Å²) in [6.07, 6.45) is 0. The minimum absolute atomic E-state index is 0.115. The van der Waals surface area contributed by atoms with Crippen LogP contribution in [0.1, 0.15) is 24.1 Å². The van der Waals surface area contributed by atoms with Gasteiger partial charge in [-0.3, -0.25) is 0 Å². The quantitative estimate of drug-likeness (QED) is 0.370. The highest BCUT2D eigenvalue weighted by Gasteiger charge is 2.19. The average molecular weight is 463 g/mol. The molecule has 0 bridgehead atoms. The van der Waals surface area contributed by atoms with Crippen LogP contribution in [0.2, 0.25) is 5.02 Å². The van der Waals surface area contributed by atoms with Gasteiger partial charge in [0.1, 0.15) is 23.1 Å². The summed E-state index contributed by atoms with van der Waals surface area (Å²) >= 11 is 6.02. The normalized spacial score (nSPS) is 12.3. The second-order valence-corrected chi connectivity index (χ2v) is 9.37. The summed E-state index contributed by atoms with van der Waals surface area (Å²) in [4.78, 5) is 0.115. The Kier molecular flexibility index (Phi) is 6.15. The Balaban J connectivity index is 1.51. The summed E-state index contributed by atoms with van der Waals surface area (Å²) in [6.45, 7) is 1.81. The van der Waals surface area contributed by atoms with Crippen molar-refractivity contribution in [1.82, 2.24) is 4.72 Å². The number of halogens is 1. The van der Waals surface area contributed by atoms with Crippen LogP contribution in [0.4, 0.5) is 0 Å².